The third-order valence-electron chi connectivity index (χ3n) is 3.47. The summed E-state index contributed by atoms with van der Waals surface area (Å²) in [4.78, 5) is 4.23. The Bertz CT molecular complexity index is 511. The lowest BCUT2D eigenvalue weighted by Gasteiger charge is -2.17. The quantitative estimate of drug-likeness (QED) is 0.886. The lowest BCUT2D eigenvalue weighted by atomic mass is 10.1. The van der Waals surface area contributed by atoms with Crippen molar-refractivity contribution in [3.8, 4) is 0 Å². The molecule has 1 unspecified atom stereocenters. The van der Waals surface area contributed by atoms with Gasteiger partial charge in [-0.25, -0.2) is 4.98 Å². The van der Waals surface area contributed by atoms with E-state index in [1.54, 1.807) is 0 Å². The maximum absolute atomic E-state index is 4.23. The normalized spacial score (nSPS) is 12.9. The molecule has 1 N–H and O–H groups in total. The van der Waals surface area contributed by atoms with Crippen molar-refractivity contribution >= 4 is 0 Å². The fraction of sp³-hybridized carbons (Fsp3) is 0.438. The van der Waals surface area contributed by atoms with Crippen molar-refractivity contribution in [2.75, 3.05) is 0 Å². The van der Waals surface area contributed by atoms with Crippen molar-refractivity contribution in [1.29, 1.82) is 0 Å². The molecule has 0 fully saturated rings. The molecule has 0 bridgehead atoms. The van der Waals surface area contributed by atoms with Crippen LogP contribution in [0.15, 0.2) is 36.8 Å². The summed E-state index contributed by atoms with van der Waals surface area (Å²) in [5.41, 5.74) is 3.85. The molecule has 0 radical (unpaired) electrons. The molecule has 0 saturated heterocycles. The van der Waals surface area contributed by atoms with E-state index < -0.39 is 0 Å². The van der Waals surface area contributed by atoms with E-state index >= 15 is 0 Å². The molecule has 0 spiro atoms. The Labute approximate surface area is 115 Å². The molecular formula is C16H23N3. The fourth-order valence-electron chi connectivity index (χ4n) is 2.16. The number of nitrogens with zero attached hydrogens (tertiary/aromatic N) is 2. The van der Waals surface area contributed by atoms with Crippen LogP contribution in [0.1, 0.15) is 49.7 Å². The van der Waals surface area contributed by atoms with Crippen molar-refractivity contribution in [2.45, 2.75) is 46.3 Å². The van der Waals surface area contributed by atoms with Crippen molar-refractivity contribution in [3.63, 3.8) is 0 Å². The molecule has 2 rings (SSSR count). The van der Waals surface area contributed by atoms with Crippen LogP contribution in [-0.4, -0.2) is 9.55 Å². The van der Waals surface area contributed by atoms with Gasteiger partial charge in [0.25, 0.3) is 0 Å². The highest BCUT2D eigenvalue weighted by Crippen LogP contribution is 2.15. The predicted octanol–water partition coefficient (Wildman–Crippen LogP) is 3.62. The van der Waals surface area contributed by atoms with Gasteiger partial charge in [0.2, 0.25) is 0 Å². The lowest BCUT2D eigenvalue weighted by molar-refractivity contribution is 0.518. The highest BCUT2D eigenvalue weighted by atomic mass is 15.1. The van der Waals surface area contributed by atoms with Gasteiger partial charge < -0.3 is 9.88 Å². The topological polar surface area (TPSA) is 29.9 Å². The Kier molecular flexibility index (Phi) is 4.38. The smallest absolute Gasteiger partial charge is 0.0951 e. The van der Waals surface area contributed by atoms with Crippen LogP contribution in [0.3, 0.4) is 0 Å². The van der Waals surface area contributed by atoms with Crippen LogP contribution in [0.4, 0.5) is 0 Å². The van der Waals surface area contributed by atoms with Gasteiger partial charge in [-0.05, 0) is 33.3 Å². The van der Waals surface area contributed by atoms with E-state index in [9.17, 15) is 0 Å². The van der Waals surface area contributed by atoms with Gasteiger partial charge in [0.1, 0.15) is 0 Å². The third kappa shape index (κ3) is 3.44. The van der Waals surface area contributed by atoms with Crippen molar-refractivity contribution in [2.24, 2.45) is 0 Å². The van der Waals surface area contributed by atoms with Crippen LogP contribution >= 0.6 is 0 Å². The number of hydrogen-bond donors (Lipinski definition) is 1. The summed E-state index contributed by atoms with van der Waals surface area (Å²) >= 11 is 0. The van der Waals surface area contributed by atoms with Gasteiger partial charge in [0, 0.05) is 24.8 Å². The zero-order valence-electron chi connectivity index (χ0n) is 12.2. The molecule has 1 atom stereocenters. The van der Waals surface area contributed by atoms with Gasteiger partial charge in [0.05, 0.1) is 12.0 Å². The Morgan fingerprint density at radius 1 is 1.16 bits per heavy atom. The first-order valence-electron chi connectivity index (χ1n) is 6.88. The summed E-state index contributed by atoms with van der Waals surface area (Å²) in [5, 5.41) is 3.56. The number of aryl methyl sites for hydroxylation is 1. The van der Waals surface area contributed by atoms with Crippen molar-refractivity contribution in [1.82, 2.24) is 14.9 Å². The SMILES string of the molecule is Cc1ccc(C(C)NCc2cncn2C(C)C)cc1. The fourth-order valence-corrected chi connectivity index (χ4v) is 2.16. The number of rotatable bonds is 5. The Balaban J connectivity index is 1.98. The summed E-state index contributed by atoms with van der Waals surface area (Å²) < 4.78 is 2.20. The second-order valence-corrected chi connectivity index (χ2v) is 5.40. The van der Waals surface area contributed by atoms with Crippen LogP contribution in [0.25, 0.3) is 0 Å². The van der Waals surface area contributed by atoms with Crippen molar-refractivity contribution in [3.05, 3.63) is 53.6 Å². The van der Waals surface area contributed by atoms with Gasteiger partial charge in [-0.1, -0.05) is 29.8 Å². The second kappa shape index (κ2) is 6.02. The summed E-state index contributed by atoms with van der Waals surface area (Å²) in [6, 6.07) is 9.49. The minimum atomic E-state index is 0.344. The van der Waals surface area contributed by atoms with E-state index in [4.69, 9.17) is 0 Å². The monoisotopic (exact) mass is 257 g/mol. The Morgan fingerprint density at radius 2 is 1.84 bits per heavy atom. The van der Waals surface area contributed by atoms with E-state index in [1.165, 1.54) is 16.8 Å². The number of nitrogens with one attached hydrogen (secondary N) is 1. The van der Waals surface area contributed by atoms with Crippen molar-refractivity contribution < 1.29 is 0 Å². The number of imidazole rings is 1. The highest BCUT2D eigenvalue weighted by Gasteiger charge is 2.08. The maximum atomic E-state index is 4.23. The predicted molar refractivity (Wildman–Crippen MR) is 79.0 cm³/mol. The van der Waals surface area contributed by atoms with Crippen LogP contribution < -0.4 is 5.32 Å². The van der Waals surface area contributed by atoms with Gasteiger partial charge >= 0.3 is 0 Å². The van der Waals surface area contributed by atoms with Gasteiger partial charge in [0.15, 0.2) is 0 Å². The zero-order chi connectivity index (χ0) is 13.8. The molecule has 0 saturated carbocycles. The minimum absolute atomic E-state index is 0.344. The molecule has 3 nitrogen and oxygen atoms in total. The lowest BCUT2D eigenvalue weighted by Crippen LogP contribution is -2.20. The second-order valence-electron chi connectivity index (χ2n) is 5.40. The van der Waals surface area contributed by atoms with E-state index in [0.29, 0.717) is 12.1 Å². The molecule has 1 heterocycles. The van der Waals surface area contributed by atoms with E-state index in [0.717, 1.165) is 6.54 Å². The minimum Gasteiger partial charge on any atom is -0.331 e. The molecule has 1 aromatic carbocycles. The zero-order valence-corrected chi connectivity index (χ0v) is 12.2. The standard InChI is InChI=1S/C16H23N3/c1-12(2)19-11-17-9-16(19)10-18-14(4)15-7-5-13(3)6-8-15/h5-9,11-12,14,18H,10H2,1-4H3. The van der Waals surface area contributed by atoms with Crippen LogP contribution in [0, 0.1) is 6.92 Å². The van der Waals surface area contributed by atoms with Crippen LogP contribution in [0.2, 0.25) is 0 Å². The average molecular weight is 257 g/mol. The highest BCUT2D eigenvalue weighted by molar-refractivity contribution is 5.23. The van der Waals surface area contributed by atoms with Gasteiger partial charge in [-0.2, -0.15) is 0 Å². The van der Waals surface area contributed by atoms with E-state index in [1.807, 2.05) is 12.5 Å². The summed E-state index contributed by atoms with van der Waals surface area (Å²) in [7, 11) is 0. The maximum Gasteiger partial charge on any atom is 0.0951 e. The van der Waals surface area contributed by atoms with Crippen LogP contribution in [-0.2, 0) is 6.54 Å². The summed E-state index contributed by atoms with van der Waals surface area (Å²) in [5.74, 6) is 0. The molecule has 0 amide bonds. The summed E-state index contributed by atoms with van der Waals surface area (Å²) in [6.07, 6.45) is 3.84. The van der Waals surface area contributed by atoms with Gasteiger partial charge in [-0.3, -0.25) is 0 Å². The first kappa shape index (κ1) is 13.8. The molecule has 19 heavy (non-hydrogen) atoms. The Morgan fingerprint density at radius 3 is 2.47 bits per heavy atom. The first-order valence-corrected chi connectivity index (χ1v) is 6.88. The molecule has 102 valence electrons. The van der Waals surface area contributed by atoms with Crippen LogP contribution in [0.5, 0.6) is 0 Å². The largest absolute Gasteiger partial charge is 0.331 e. The number of benzene rings is 1. The molecule has 1 aromatic heterocycles. The van der Waals surface area contributed by atoms with E-state index in [-0.39, 0.29) is 0 Å². The molecule has 0 aliphatic carbocycles. The summed E-state index contributed by atoms with van der Waals surface area (Å²) in [6.45, 7) is 9.50. The van der Waals surface area contributed by atoms with E-state index in [2.05, 4.69) is 66.8 Å². The number of hydrogen-bond acceptors (Lipinski definition) is 2. The number of aromatic nitrogens is 2. The molecule has 2 aromatic rings. The van der Waals surface area contributed by atoms with Gasteiger partial charge in [-0.15, -0.1) is 0 Å². The molecule has 3 heteroatoms. The molecule has 0 aliphatic heterocycles. The molecule has 0 aliphatic rings. The Hall–Kier alpha value is -1.61. The molecular weight excluding hydrogens is 234 g/mol. The first-order chi connectivity index (χ1) is 9.08. The third-order valence-corrected chi connectivity index (χ3v) is 3.47. The average Bonchev–Trinajstić information content (AvgIpc) is 2.85.